The predicted octanol–water partition coefficient (Wildman–Crippen LogP) is 3.73. The topological polar surface area (TPSA) is 12.0 Å². The number of halogens is 1. The standard InChI is InChI=1S/C12H18FN/c1-4-10(5-2)14-12-8-9(3)6-7-11(12)13/h6-8,10,14H,4-5H2,1-3H3. The lowest BCUT2D eigenvalue weighted by Gasteiger charge is -2.17. The fourth-order valence-corrected chi connectivity index (χ4v) is 1.46. The van der Waals surface area contributed by atoms with Crippen LogP contribution in [-0.4, -0.2) is 6.04 Å². The van der Waals surface area contributed by atoms with Crippen LogP contribution in [0.25, 0.3) is 0 Å². The maximum absolute atomic E-state index is 13.3. The Hall–Kier alpha value is -1.05. The van der Waals surface area contributed by atoms with Gasteiger partial charge in [-0.2, -0.15) is 0 Å². The first-order valence-corrected chi connectivity index (χ1v) is 5.20. The van der Waals surface area contributed by atoms with Gasteiger partial charge in [-0.3, -0.25) is 0 Å². The van der Waals surface area contributed by atoms with Crippen molar-refractivity contribution in [2.24, 2.45) is 0 Å². The molecular weight excluding hydrogens is 177 g/mol. The Morgan fingerprint density at radius 2 is 1.93 bits per heavy atom. The maximum atomic E-state index is 13.3. The summed E-state index contributed by atoms with van der Waals surface area (Å²) in [4.78, 5) is 0. The number of anilines is 1. The van der Waals surface area contributed by atoms with Gasteiger partial charge in [0.25, 0.3) is 0 Å². The van der Waals surface area contributed by atoms with Gasteiger partial charge in [-0.05, 0) is 37.5 Å². The maximum Gasteiger partial charge on any atom is 0.146 e. The Bertz CT molecular complexity index is 292. The zero-order valence-electron chi connectivity index (χ0n) is 9.10. The van der Waals surface area contributed by atoms with Crippen LogP contribution < -0.4 is 5.32 Å². The Morgan fingerprint density at radius 3 is 2.50 bits per heavy atom. The van der Waals surface area contributed by atoms with Crippen molar-refractivity contribution in [3.8, 4) is 0 Å². The molecule has 0 aromatic heterocycles. The van der Waals surface area contributed by atoms with Crippen LogP contribution in [0.4, 0.5) is 10.1 Å². The van der Waals surface area contributed by atoms with Gasteiger partial charge in [0.1, 0.15) is 5.82 Å². The van der Waals surface area contributed by atoms with Gasteiger partial charge in [-0.1, -0.05) is 19.9 Å². The molecule has 0 radical (unpaired) electrons. The fraction of sp³-hybridized carbons (Fsp3) is 0.500. The van der Waals surface area contributed by atoms with E-state index in [0.717, 1.165) is 18.4 Å². The van der Waals surface area contributed by atoms with Crippen LogP contribution in [0.1, 0.15) is 32.3 Å². The number of benzene rings is 1. The average Bonchev–Trinajstić information content (AvgIpc) is 2.19. The van der Waals surface area contributed by atoms with Crippen LogP contribution in [-0.2, 0) is 0 Å². The monoisotopic (exact) mass is 195 g/mol. The number of rotatable bonds is 4. The van der Waals surface area contributed by atoms with E-state index in [9.17, 15) is 4.39 Å². The minimum absolute atomic E-state index is 0.164. The molecule has 0 aliphatic heterocycles. The zero-order valence-corrected chi connectivity index (χ0v) is 9.10. The van der Waals surface area contributed by atoms with Crippen molar-refractivity contribution in [1.82, 2.24) is 0 Å². The summed E-state index contributed by atoms with van der Waals surface area (Å²) in [6.45, 7) is 6.18. The third-order valence-corrected chi connectivity index (χ3v) is 2.47. The van der Waals surface area contributed by atoms with Gasteiger partial charge in [0.05, 0.1) is 5.69 Å². The van der Waals surface area contributed by atoms with Crippen LogP contribution in [0.15, 0.2) is 18.2 Å². The number of nitrogens with one attached hydrogen (secondary N) is 1. The third kappa shape index (κ3) is 2.72. The van der Waals surface area contributed by atoms with Gasteiger partial charge >= 0.3 is 0 Å². The van der Waals surface area contributed by atoms with E-state index in [0.29, 0.717) is 11.7 Å². The van der Waals surface area contributed by atoms with Crippen LogP contribution in [0.3, 0.4) is 0 Å². The molecule has 1 rings (SSSR count). The molecule has 0 unspecified atom stereocenters. The Kier molecular flexibility index (Phi) is 3.93. The highest BCUT2D eigenvalue weighted by Crippen LogP contribution is 2.18. The summed E-state index contributed by atoms with van der Waals surface area (Å²) in [5.41, 5.74) is 1.71. The molecule has 0 saturated heterocycles. The van der Waals surface area contributed by atoms with Crippen LogP contribution in [0.5, 0.6) is 0 Å². The van der Waals surface area contributed by atoms with E-state index in [1.54, 1.807) is 6.07 Å². The van der Waals surface area contributed by atoms with Crippen molar-refractivity contribution in [1.29, 1.82) is 0 Å². The lowest BCUT2D eigenvalue weighted by Crippen LogP contribution is -2.17. The molecule has 0 amide bonds. The minimum Gasteiger partial charge on any atom is -0.380 e. The molecule has 78 valence electrons. The second-order valence-electron chi connectivity index (χ2n) is 3.64. The SMILES string of the molecule is CCC(CC)Nc1cc(C)ccc1F. The van der Waals surface area contributed by atoms with E-state index in [1.165, 1.54) is 6.07 Å². The van der Waals surface area contributed by atoms with Crippen molar-refractivity contribution in [2.75, 3.05) is 5.32 Å². The molecule has 0 saturated carbocycles. The fourth-order valence-electron chi connectivity index (χ4n) is 1.46. The van der Waals surface area contributed by atoms with Crippen molar-refractivity contribution in [3.63, 3.8) is 0 Å². The van der Waals surface area contributed by atoms with E-state index in [2.05, 4.69) is 19.2 Å². The molecule has 1 N–H and O–H groups in total. The molecule has 0 heterocycles. The predicted molar refractivity (Wildman–Crippen MR) is 59.1 cm³/mol. The minimum atomic E-state index is -0.164. The largest absolute Gasteiger partial charge is 0.380 e. The van der Waals surface area contributed by atoms with Gasteiger partial charge < -0.3 is 5.32 Å². The average molecular weight is 195 g/mol. The Labute approximate surface area is 85.3 Å². The zero-order chi connectivity index (χ0) is 10.6. The summed E-state index contributed by atoms with van der Waals surface area (Å²) in [7, 11) is 0. The summed E-state index contributed by atoms with van der Waals surface area (Å²) in [5, 5.41) is 3.21. The molecule has 2 heteroatoms. The van der Waals surface area contributed by atoms with E-state index >= 15 is 0 Å². The summed E-state index contributed by atoms with van der Waals surface area (Å²) in [6, 6.07) is 5.52. The first-order valence-electron chi connectivity index (χ1n) is 5.20. The summed E-state index contributed by atoms with van der Waals surface area (Å²) < 4.78 is 13.3. The van der Waals surface area contributed by atoms with Gasteiger partial charge in [-0.15, -0.1) is 0 Å². The van der Waals surface area contributed by atoms with E-state index in [-0.39, 0.29) is 5.82 Å². The van der Waals surface area contributed by atoms with Crippen LogP contribution in [0, 0.1) is 12.7 Å². The number of aryl methyl sites for hydroxylation is 1. The Balaban J connectivity index is 2.79. The second kappa shape index (κ2) is 4.99. The van der Waals surface area contributed by atoms with Crippen molar-refractivity contribution >= 4 is 5.69 Å². The highest BCUT2D eigenvalue weighted by Gasteiger charge is 2.06. The smallest absolute Gasteiger partial charge is 0.146 e. The highest BCUT2D eigenvalue weighted by atomic mass is 19.1. The molecule has 0 fully saturated rings. The normalized spacial score (nSPS) is 10.6. The molecular formula is C12H18FN. The third-order valence-electron chi connectivity index (χ3n) is 2.47. The summed E-state index contributed by atoms with van der Waals surface area (Å²) in [5.74, 6) is -0.164. The molecule has 14 heavy (non-hydrogen) atoms. The van der Waals surface area contributed by atoms with Crippen molar-refractivity contribution in [2.45, 2.75) is 39.7 Å². The van der Waals surface area contributed by atoms with Gasteiger partial charge in [0.2, 0.25) is 0 Å². The Morgan fingerprint density at radius 1 is 1.29 bits per heavy atom. The molecule has 0 spiro atoms. The molecule has 1 aromatic rings. The van der Waals surface area contributed by atoms with E-state index in [1.807, 2.05) is 13.0 Å². The van der Waals surface area contributed by atoms with Crippen LogP contribution in [0.2, 0.25) is 0 Å². The number of hydrogen-bond acceptors (Lipinski definition) is 1. The van der Waals surface area contributed by atoms with E-state index < -0.39 is 0 Å². The highest BCUT2D eigenvalue weighted by molar-refractivity contribution is 5.47. The first kappa shape index (κ1) is 11.0. The summed E-state index contributed by atoms with van der Waals surface area (Å²) >= 11 is 0. The number of hydrogen-bond donors (Lipinski definition) is 1. The molecule has 0 atom stereocenters. The molecule has 0 bridgehead atoms. The second-order valence-corrected chi connectivity index (χ2v) is 3.64. The lowest BCUT2D eigenvalue weighted by molar-refractivity contribution is 0.615. The van der Waals surface area contributed by atoms with Gasteiger partial charge in [-0.25, -0.2) is 4.39 Å². The first-order chi connectivity index (χ1) is 6.67. The molecule has 1 nitrogen and oxygen atoms in total. The van der Waals surface area contributed by atoms with Gasteiger partial charge in [0, 0.05) is 6.04 Å². The molecule has 0 aliphatic rings. The van der Waals surface area contributed by atoms with Crippen molar-refractivity contribution in [3.05, 3.63) is 29.6 Å². The van der Waals surface area contributed by atoms with Crippen LogP contribution >= 0.6 is 0 Å². The quantitative estimate of drug-likeness (QED) is 0.771. The lowest BCUT2D eigenvalue weighted by atomic mass is 10.1. The molecule has 0 aliphatic carbocycles. The van der Waals surface area contributed by atoms with Gasteiger partial charge in [0.15, 0.2) is 0 Å². The molecule has 1 aromatic carbocycles. The summed E-state index contributed by atoms with van der Waals surface area (Å²) in [6.07, 6.45) is 2.04. The van der Waals surface area contributed by atoms with E-state index in [4.69, 9.17) is 0 Å². The van der Waals surface area contributed by atoms with Crippen molar-refractivity contribution < 1.29 is 4.39 Å².